The fourth-order valence-corrected chi connectivity index (χ4v) is 3.04. The summed E-state index contributed by atoms with van der Waals surface area (Å²) in [5.74, 6) is 1.64. The maximum Gasteiger partial charge on any atom is 0.247 e. The fourth-order valence-electron chi connectivity index (χ4n) is 3.04. The number of pyridine rings is 1. The Bertz CT molecular complexity index is 1190. The number of nitrogens with zero attached hydrogens (tertiary/aromatic N) is 3. The number of methoxy groups -OCH3 is 2. The Kier molecular flexibility index (Phi) is 5.56. The topological polar surface area (TPSA) is 99.4 Å². The Morgan fingerprint density at radius 3 is 2.73 bits per heavy atom. The number of fused-ring (bicyclic) bond motifs is 1. The molecule has 0 fully saturated rings. The van der Waals surface area contributed by atoms with E-state index in [4.69, 9.17) is 13.9 Å². The normalized spacial score (nSPS) is 10.7. The molecule has 0 atom stereocenters. The zero-order valence-corrected chi connectivity index (χ0v) is 16.6. The number of rotatable bonds is 7. The van der Waals surface area contributed by atoms with Crippen LogP contribution in [0.5, 0.6) is 11.5 Å². The third kappa shape index (κ3) is 4.22. The molecule has 152 valence electrons. The molecule has 1 N–H and O–H groups in total. The Morgan fingerprint density at radius 2 is 1.90 bits per heavy atom. The highest BCUT2D eigenvalue weighted by molar-refractivity contribution is 5.82. The minimum atomic E-state index is -0.220. The third-order valence-corrected chi connectivity index (χ3v) is 4.57. The number of aromatic nitrogens is 3. The van der Waals surface area contributed by atoms with Gasteiger partial charge in [-0.1, -0.05) is 12.1 Å². The van der Waals surface area contributed by atoms with E-state index in [-0.39, 0.29) is 18.2 Å². The van der Waals surface area contributed by atoms with Crippen LogP contribution in [0.4, 0.5) is 0 Å². The van der Waals surface area contributed by atoms with Crippen LogP contribution < -0.4 is 14.8 Å². The van der Waals surface area contributed by atoms with E-state index in [1.165, 1.54) is 0 Å². The lowest BCUT2D eigenvalue weighted by molar-refractivity contribution is -0.120. The van der Waals surface area contributed by atoms with Crippen molar-refractivity contribution in [1.82, 2.24) is 20.5 Å². The molecule has 30 heavy (non-hydrogen) atoms. The summed E-state index contributed by atoms with van der Waals surface area (Å²) >= 11 is 0. The van der Waals surface area contributed by atoms with Gasteiger partial charge >= 0.3 is 0 Å². The van der Waals surface area contributed by atoms with Crippen molar-refractivity contribution in [3.63, 3.8) is 0 Å². The molecule has 0 aliphatic heterocycles. The first-order valence-electron chi connectivity index (χ1n) is 9.31. The largest absolute Gasteiger partial charge is 0.493 e. The zero-order chi connectivity index (χ0) is 20.9. The second-order valence-corrected chi connectivity index (χ2v) is 6.55. The minimum absolute atomic E-state index is 0.00454. The highest BCUT2D eigenvalue weighted by atomic mass is 16.5. The molecule has 8 heteroatoms. The van der Waals surface area contributed by atoms with Crippen LogP contribution in [0.1, 0.15) is 11.5 Å². The zero-order valence-electron chi connectivity index (χ0n) is 16.6. The number of ether oxygens (including phenoxy) is 2. The third-order valence-electron chi connectivity index (χ3n) is 4.57. The molecule has 4 aromatic rings. The van der Waals surface area contributed by atoms with Crippen molar-refractivity contribution in [2.45, 2.75) is 13.0 Å². The predicted octanol–water partition coefficient (Wildman–Crippen LogP) is 3.16. The first kappa shape index (κ1) is 19.4. The van der Waals surface area contributed by atoms with Gasteiger partial charge in [0, 0.05) is 23.7 Å². The monoisotopic (exact) mass is 404 g/mol. The van der Waals surface area contributed by atoms with E-state index in [1.54, 1.807) is 26.5 Å². The summed E-state index contributed by atoms with van der Waals surface area (Å²) in [5, 5.41) is 11.9. The molecule has 0 aliphatic rings. The molecule has 0 saturated carbocycles. The van der Waals surface area contributed by atoms with Crippen molar-refractivity contribution >= 4 is 16.8 Å². The van der Waals surface area contributed by atoms with Crippen LogP contribution in [-0.2, 0) is 17.8 Å². The Balaban J connectivity index is 1.39. The summed E-state index contributed by atoms with van der Waals surface area (Å²) in [7, 11) is 3.15. The van der Waals surface area contributed by atoms with Crippen LogP contribution in [0.25, 0.3) is 22.4 Å². The molecule has 2 aromatic heterocycles. The van der Waals surface area contributed by atoms with Gasteiger partial charge in [-0.2, -0.15) is 0 Å². The molecular formula is C22H20N4O4. The quantitative estimate of drug-likeness (QED) is 0.505. The van der Waals surface area contributed by atoms with Crippen LogP contribution >= 0.6 is 0 Å². The summed E-state index contributed by atoms with van der Waals surface area (Å²) in [4.78, 5) is 16.6. The lowest BCUT2D eigenvalue weighted by Gasteiger charge is -2.10. The van der Waals surface area contributed by atoms with Gasteiger partial charge in [0.15, 0.2) is 11.5 Å². The van der Waals surface area contributed by atoms with Gasteiger partial charge in [-0.05, 0) is 42.0 Å². The van der Waals surface area contributed by atoms with E-state index in [0.717, 1.165) is 22.0 Å². The number of hydrogen-bond acceptors (Lipinski definition) is 7. The number of benzene rings is 2. The lowest BCUT2D eigenvalue weighted by Crippen LogP contribution is -2.24. The van der Waals surface area contributed by atoms with Crippen LogP contribution in [0.3, 0.4) is 0 Å². The molecule has 0 radical (unpaired) electrons. The summed E-state index contributed by atoms with van der Waals surface area (Å²) in [5.41, 5.74) is 2.55. The number of carbonyl (C=O) groups is 1. The highest BCUT2D eigenvalue weighted by Crippen LogP contribution is 2.27. The van der Waals surface area contributed by atoms with Crippen molar-refractivity contribution in [3.8, 4) is 23.0 Å². The van der Waals surface area contributed by atoms with E-state index < -0.39 is 0 Å². The van der Waals surface area contributed by atoms with E-state index in [0.29, 0.717) is 23.9 Å². The summed E-state index contributed by atoms with van der Waals surface area (Å²) in [6.07, 6.45) is 1.74. The van der Waals surface area contributed by atoms with Gasteiger partial charge in [-0.25, -0.2) is 0 Å². The van der Waals surface area contributed by atoms with Crippen molar-refractivity contribution < 1.29 is 18.7 Å². The predicted molar refractivity (Wildman–Crippen MR) is 110 cm³/mol. The maximum absolute atomic E-state index is 12.3. The molecule has 0 bridgehead atoms. The first-order chi connectivity index (χ1) is 14.7. The number of nitrogens with one attached hydrogen (secondary N) is 1. The molecular weight excluding hydrogens is 384 g/mol. The van der Waals surface area contributed by atoms with Gasteiger partial charge in [-0.15, -0.1) is 10.2 Å². The molecule has 0 spiro atoms. The van der Waals surface area contributed by atoms with E-state index >= 15 is 0 Å². The van der Waals surface area contributed by atoms with E-state index in [2.05, 4.69) is 20.5 Å². The second-order valence-electron chi connectivity index (χ2n) is 6.55. The summed E-state index contributed by atoms with van der Waals surface area (Å²) in [6, 6.07) is 15.0. The highest BCUT2D eigenvalue weighted by Gasteiger charge is 2.13. The van der Waals surface area contributed by atoms with E-state index in [9.17, 15) is 4.79 Å². The molecule has 0 aliphatic carbocycles. The number of amides is 1. The van der Waals surface area contributed by atoms with Crippen LogP contribution in [0.2, 0.25) is 0 Å². The second kappa shape index (κ2) is 8.60. The standard InChI is InChI=1S/C22H20N4O4/c1-28-18-8-5-14(10-19(18)29-2)13-24-20(27)12-21-25-26-22(30-21)16-6-7-17-15(11-16)4-3-9-23-17/h3-11H,12-13H2,1-2H3,(H,24,27). The summed E-state index contributed by atoms with van der Waals surface area (Å²) in [6.45, 7) is 0.345. The molecule has 2 heterocycles. The number of hydrogen-bond donors (Lipinski definition) is 1. The average Bonchev–Trinajstić information content (AvgIpc) is 3.25. The van der Waals surface area contributed by atoms with Gasteiger partial charge in [0.05, 0.1) is 19.7 Å². The summed E-state index contributed by atoms with van der Waals surface area (Å²) < 4.78 is 16.2. The van der Waals surface area contributed by atoms with Crippen LogP contribution in [0.15, 0.2) is 59.1 Å². The van der Waals surface area contributed by atoms with Crippen molar-refractivity contribution in [1.29, 1.82) is 0 Å². The molecule has 0 unspecified atom stereocenters. The first-order valence-corrected chi connectivity index (χ1v) is 9.31. The molecule has 1 amide bonds. The van der Waals surface area contributed by atoms with Crippen molar-refractivity contribution in [2.24, 2.45) is 0 Å². The maximum atomic E-state index is 12.3. The van der Waals surface area contributed by atoms with Crippen LogP contribution in [-0.4, -0.2) is 35.3 Å². The van der Waals surface area contributed by atoms with Gasteiger partial charge in [-0.3, -0.25) is 9.78 Å². The number of carbonyl (C=O) groups excluding carboxylic acids is 1. The molecule has 2 aromatic carbocycles. The molecule has 8 nitrogen and oxygen atoms in total. The lowest BCUT2D eigenvalue weighted by atomic mass is 10.1. The Labute approximate surface area is 172 Å². The average molecular weight is 404 g/mol. The van der Waals surface area contributed by atoms with Gasteiger partial charge < -0.3 is 19.2 Å². The van der Waals surface area contributed by atoms with Crippen molar-refractivity contribution in [3.05, 3.63) is 66.2 Å². The SMILES string of the molecule is COc1ccc(CNC(=O)Cc2nnc(-c3ccc4ncccc4c3)o2)cc1OC. The van der Waals surface area contributed by atoms with Crippen molar-refractivity contribution in [2.75, 3.05) is 14.2 Å². The van der Waals surface area contributed by atoms with Crippen LogP contribution in [0, 0.1) is 0 Å². The Morgan fingerprint density at radius 1 is 1.03 bits per heavy atom. The smallest absolute Gasteiger partial charge is 0.247 e. The van der Waals surface area contributed by atoms with E-state index in [1.807, 2.05) is 42.5 Å². The molecule has 4 rings (SSSR count). The minimum Gasteiger partial charge on any atom is -0.493 e. The fraction of sp³-hybridized carbons (Fsp3) is 0.182. The molecule has 0 saturated heterocycles. The van der Waals surface area contributed by atoms with Gasteiger partial charge in [0.1, 0.15) is 6.42 Å². The Hall–Kier alpha value is -3.94. The van der Waals surface area contributed by atoms with Gasteiger partial charge in [0.2, 0.25) is 17.7 Å². The van der Waals surface area contributed by atoms with Gasteiger partial charge in [0.25, 0.3) is 0 Å².